The van der Waals surface area contributed by atoms with E-state index in [1.54, 1.807) is 13.2 Å². The summed E-state index contributed by atoms with van der Waals surface area (Å²) in [6, 6.07) is 0.229. The molecule has 2 heterocycles. The Balaban J connectivity index is 2.23. The fourth-order valence-electron chi connectivity index (χ4n) is 1.03. The van der Waals surface area contributed by atoms with Crippen molar-refractivity contribution in [2.24, 2.45) is 12.8 Å². The molecule has 0 aliphatic heterocycles. The van der Waals surface area contributed by atoms with E-state index in [1.165, 1.54) is 17.2 Å². The van der Waals surface area contributed by atoms with E-state index in [-0.39, 0.29) is 12.6 Å². The summed E-state index contributed by atoms with van der Waals surface area (Å²) in [5.41, 5.74) is 6.06. The number of hydrogen-bond acceptors (Lipinski definition) is 6. The predicted octanol–water partition coefficient (Wildman–Crippen LogP) is -0.144. The zero-order chi connectivity index (χ0) is 10.7. The minimum Gasteiger partial charge on any atom is -0.402 e. The van der Waals surface area contributed by atoms with Crippen LogP contribution in [-0.4, -0.2) is 24.7 Å². The maximum atomic E-state index is 5.48. The molecule has 2 rings (SSSR count). The lowest BCUT2D eigenvalue weighted by Crippen LogP contribution is -2.04. The number of nitrogens with zero attached hydrogens (tertiary/aromatic N) is 5. The minimum absolute atomic E-state index is 0.229. The zero-order valence-electron chi connectivity index (χ0n) is 8.16. The Morgan fingerprint density at radius 3 is 2.80 bits per heavy atom. The summed E-state index contributed by atoms with van der Waals surface area (Å²) in [7, 11) is 1.75. The third kappa shape index (κ3) is 2.08. The first-order chi connectivity index (χ1) is 7.29. The molecular weight excluding hydrogens is 196 g/mol. The molecule has 2 aromatic rings. The van der Waals surface area contributed by atoms with Crippen molar-refractivity contribution in [1.82, 2.24) is 24.7 Å². The van der Waals surface area contributed by atoms with Crippen molar-refractivity contribution in [3.8, 4) is 11.9 Å². The highest BCUT2D eigenvalue weighted by molar-refractivity contribution is 5.19. The Morgan fingerprint density at radius 2 is 2.13 bits per heavy atom. The molecule has 0 fully saturated rings. The topological polar surface area (TPSA) is 91.7 Å². The molecule has 0 unspecified atom stereocenters. The smallest absolute Gasteiger partial charge is 0.342 e. The van der Waals surface area contributed by atoms with Gasteiger partial charge in [-0.2, -0.15) is 4.98 Å². The van der Waals surface area contributed by atoms with Crippen LogP contribution in [-0.2, 0) is 13.6 Å². The maximum absolute atomic E-state index is 5.48. The molecule has 0 aliphatic rings. The molecule has 0 spiro atoms. The lowest BCUT2D eigenvalue weighted by molar-refractivity contribution is 0.414. The van der Waals surface area contributed by atoms with E-state index < -0.39 is 0 Å². The van der Waals surface area contributed by atoms with Gasteiger partial charge in [-0.15, -0.1) is 5.10 Å². The number of ether oxygens (including phenoxy) is 1. The van der Waals surface area contributed by atoms with Gasteiger partial charge in [-0.1, -0.05) is 0 Å². The third-order valence-corrected chi connectivity index (χ3v) is 1.70. The molecule has 78 valence electrons. The summed E-state index contributed by atoms with van der Waals surface area (Å²) in [5, 5.41) is 3.96. The third-order valence-electron chi connectivity index (χ3n) is 1.70. The number of rotatable bonds is 3. The van der Waals surface area contributed by atoms with Crippen LogP contribution in [0.2, 0.25) is 0 Å². The van der Waals surface area contributed by atoms with Gasteiger partial charge in [0.1, 0.15) is 12.0 Å². The van der Waals surface area contributed by atoms with Crippen molar-refractivity contribution in [2.45, 2.75) is 6.54 Å². The van der Waals surface area contributed by atoms with Gasteiger partial charge in [0.15, 0.2) is 0 Å². The molecule has 0 saturated carbocycles. The van der Waals surface area contributed by atoms with Crippen LogP contribution in [0.3, 0.4) is 0 Å². The van der Waals surface area contributed by atoms with Crippen LogP contribution in [0.1, 0.15) is 5.69 Å². The second kappa shape index (κ2) is 4.01. The highest BCUT2D eigenvalue weighted by atomic mass is 16.5. The monoisotopic (exact) mass is 206 g/mol. The van der Waals surface area contributed by atoms with Gasteiger partial charge in [0.25, 0.3) is 0 Å². The fourth-order valence-corrected chi connectivity index (χ4v) is 1.03. The molecule has 0 bridgehead atoms. The van der Waals surface area contributed by atoms with Gasteiger partial charge in [0, 0.05) is 26.0 Å². The van der Waals surface area contributed by atoms with Crippen molar-refractivity contribution in [2.75, 3.05) is 0 Å². The Morgan fingerprint density at radius 1 is 1.33 bits per heavy atom. The Hall–Kier alpha value is -2.02. The van der Waals surface area contributed by atoms with Crippen LogP contribution in [0.4, 0.5) is 0 Å². The molecule has 0 radical (unpaired) electrons. The summed E-state index contributed by atoms with van der Waals surface area (Å²) in [4.78, 5) is 11.9. The van der Waals surface area contributed by atoms with Crippen molar-refractivity contribution in [3.63, 3.8) is 0 Å². The average molecular weight is 206 g/mol. The average Bonchev–Trinajstić information content (AvgIpc) is 2.65. The van der Waals surface area contributed by atoms with Gasteiger partial charge in [0.05, 0.1) is 0 Å². The van der Waals surface area contributed by atoms with E-state index in [9.17, 15) is 0 Å². The molecule has 2 aromatic heterocycles. The van der Waals surface area contributed by atoms with Gasteiger partial charge in [-0.05, 0) is 0 Å². The molecule has 0 aromatic carbocycles. The van der Waals surface area contributed by atoms with Gasteiger partial charge in [-0.25, -0.2) is 4.98 Å². The molecule has 7 heteroatoms. The van der Waals surface area contributed by atoms with Gasteiger partial charge < -0.3 is 10.5 Å². The second-order valence-electron chi connectivity index (χ2n) is 2.82. The Bertz CT molecular complexity index is 454. The number of nitrogens with two attached hydrogens (primary N) is 1. The maximum Gasteiger partial charge on any atom is 0.342 e. The highest BCUT2D eigenvalue weighted by Gasteiger charge is 2.08. The van der Waals surface area contributed by atoms with E-state index in [0.717, 1.165) is 0 Å². The normalized spacial score (nSPS) is 10.3. The number of hydrogen-bond donors (Lipinski definition) is 1. The summed E-state index contributed by atoms with van der Waals surface area (Å²) in [6.07, 6.45) is 4.62. The fraction of sp³-hybridized carbons (Fsp3) is 0.250. The first kappa shape index (κ1) is 9.53. The summed E-state index contributed by atoms with van der Waals surface area (Å²) in [5.74, 6) is 0.339. The van der Waals surface area contributed by atoms with Gasteiger partial charge >= 0.3 is 6.01 Å². The molecule has 0 saturated heterocycles. The molecule has 0 atom stereocenters. The molecule has 15 heavy (non-hydrogen) atoms. The van der Waals surface area contributed by atoms with Crippen LogP contribution in [0.15, 0.2) is 18.7 Å². The highest BCUT2D eigenvalue weighted by Crippen LogP contribution is 2.16. The molecule has 2 N–H and O–H groups in total. The molecule has 7 nitrogen and oxygen atoms in total. The second-order valence-corrected chi connectivity index (χ2v) is 2.82. The van der Waals surface area contributed by atoms with Crippen LogP contribution in [0.25, 0.3) is 0 Å². The van der Waals surface area contributed by atoms with Crippen molar-refractivity contribution in [1.29, 1.82) is 0 Å². The van der Waals surface area contributed by atoms with Crippen LogP contribution >= 0.6 is 0 Å². The molecular formula is C8H10N6O. The van der Waals surface area contributed by atoms with E-state index in [0.29, 0.717) is 11.6 Å². The summed E-state index contributed by atoms with van der Waals surface area (Å²) in [6.45, 7) is 0.260. The summed E-state index contributed by atoms with van der Waals surface area (Å²) >= 11 is 0. The van der Waals surface area contributed by atoms with E-state index in [4.69, 9.17) is 10.5 Å². The standard InChI is InChI=1S/C8H10N6O/c1-14-5-12-8(13-14)15-7-6(4-9)10-2-3-11-7/h2-3,5H,4,9H2,1H3. The van der Waals surface area contributed by atoms with Crippen LogP contribution in [0.5, 0.6) is 11.9 Å². The first-order valence-electron chi connectivity index (χ1n) is 4.33. The number of aryl methyl sites for hydroxylation is 1. The Kier molecular flexibility index (Phi) is 2.55. The molecule has 0 aliphatic carbocycles. The largest absolute Gasteiger partial charge is 0.402 e. The molecule has 0 amide bonds. The lowest BCUT2D eigenvalue weighted by atomic mass is 10.4. The van der Waals surface area contributed by atoms with E-state index in [2.05, 4.69) is 20.1 Å². The number of aromatic nitrogens is 5. The van der Waals surface area contributed by atoms with E-state index >= 15 is 0 Å². The summed E-state index contributed by atoms with van der Waals surface area (Å²) < 4.78 is 6.86. The van der Waals surface area contributed by atoms with Crippen molar-refractivity contribution < 1.29 is 4.74 Å². The SMILES string of the molecule is Cn1cnc(Oc2nccnc2CN)n1. The zero-order valence-corrected chi connectivity index (χ0v) is 8.16. The van der Waals surface area contributed by atoms with Crippen LogP contribution in [0, 0.1) is 0 Å². The van der Waals surface area contributed by atoms with Gasteiger partial charge in [0.2, 0.25) is 5.88 Å². The van der Waals surface area contributed by atoms with Crippen molar-refractivity contribution >= 4 is 0 Å². The quantitative estimate of drug-likeness (QED) is 0.751. The lowest BCUT2D eigenvalue weighted by Gasteiger charge is -2.02. The van der Waals surface area contributed by atoms with E-state index in [1.807, 2.05) is 0 Å². The first-order valence-corrected chi connectivity index (χ1v) is 4.33. The Labute approximate surface area is 85.9 Å². The minimum atomic E-state index is 0.229. The van der Waals surface area contributed by atoms with Crippen LogP contribution < -0.4 is 10.5 Å². The van der Waals surface area contributed by atoms with Crippen molar-refractivity contribution in [3.05, 3.63) is 24.4 Å². The predicted molar refractivity (Wildman–Crippen MR) is 51.0 cm³/mol. The van der Waals surface area contributed by atoms with Gasteiger partial charge in [-0.3, -0.25) is 9.67 Å².